The molecule has 3 heterocycles. The van der Waals surface area contributed by atoms with Crippen molar-refractivity contribution in [1.29, 1.82) is 0 Å². The van der Waals surface area contributed by atoms with Crippen LogP contribution in [0.15, 0.2) is 66.2 Å². The van der Waals surface area contributed by atoms with E-state index in [9.17, 15) is 9.59 Å². The van der Waals surface area contributed by atoms with Crippen molar-refractivity contribution < 1.29 is 9.59 Å². The van der Waals surface area contributed by atoms with Crippen molar-refractivity contribution in [2.24, 2.45) is 0 Å². The van der Waals surface area contributed by atoms with Crippen LogP contribution in [0, 0.1) is 0 Å². The summed E-state index contributed by atoms with van der Waals surface area (Å²) in [5.74, 6) is -0.746. The molecular formula is C23H17N3O2S2Te. The minimum absolute atomic E-state index is 0.123. The molecule has 0 N–H and O–H groups in total. The van der Waals surface area contributed by atoms with E-state index in [1.165, 1.54) is 28.4 Å². The summed E-state index contributed by atoms with van der Waals surface area (Å²) in [6, 6.07) is 21.1. The monoisotopic (exact) mass is 561 g/mol. The van der Waals surface area contributed by atoms with Crippen LogP contribution in [0.25, 0.3) is 6.08 Å². The number of likely N-dealkylation sites (N-methyl/N-ethyl adjacent to an activating group) is 2. The molecule has 0 spiro atoms. The molecule has 0 radical (unpaired) electrons. The third kappa shape index (κ3) is 3.40. The summed E-state index contributed by atoms with van der Waals surface area (Å²) >= 11 is 6.28. The predicted octanol–water partition coefficient (Wildman–Crippen LogP) is 2.79. The van der Waals surface area contributed by atoms with E-state index in [1.54, 1.807) is 31.5 Å². The molecule has 0 unspecified atom stereocenters. The predicted molar refractivity (Wildman–Crippen MR) is 130 cm³/mol. The third-order valence-corrected chi connectivity index (χ3v) is 9.99. The van der Waals surface area contributed by atoms with Gasteiger partial charge in [0, 0.05) is 0 Å². The number of amides is 2. The quantitative estimate of drug-likeness (QED) is 0.164. The Morgan fingerprint density at radius 1 is 0.839 bits per heavy atom. The number of benzene rings is 2. The fourth-order valence-corrected chi connectivity index (χ4v) is 7.76. The second kappa shape index (κ2) is 7.88. The zero-order valence-electron chi connectivity index (χ0n) is 16.7. The molecule has 2 amide bonds. The summed E-state index contributed by atoms with van der Waals surface area (Å²) in [4.78, 5) is 31.1. The molecule has 5 rings (SSSR count). The Labute approximate surface area is 199 Å². The molecule has 8 heteroatoms. The number of rotatable bonds is 2. The van der Waals surface area contributed by atoms with E-state index < -0.39 is 20.9 Å². The van der Waals surface area contributed by atoms with Gasteiger partial charge in [-0.1, -0.05) is 0 Å². The number of thiocarbonyl (C=S) groups is 1. The van der Waals surface area contributed by atoms with E-state index in [2.05, 4.69) is 53.4 Å². The number of anilines is 3. The molecule has 154 valence electrons. The molecule has 0 saturated carbocycles. The second-order valence-corrected chi connectivity index (χ2v) is 11.7. The van der Waals surface area contributed by atoms with Crippen molar-refractivity contribution in [3.63, 3.8) is 0 Å². The zero-order chi connectivity index (χ0) is 21.7. The van der Waals surface area contributed by atoms with Gasteiger partial charge in [0.05, 0.1) is 0 Å². The number of fused-ring (bicyclic) bond motifs is 2. The average Bonchev–Trinajstić information content (AvgIpc) is 3.25. The summed E-state index contributed by atoms with van der Waals surface area (Å²) in [6.45, 7) is 0. The van der Waals surface area contributed by atoms with Crippen molar-refractivity contribution in [3.05, 3.63) is 71.1 Å². The van der Waals surface area contributed by atoms with Gasteiger partial charge in [-0.2, -0.15) is 0 Å². The fraction of sp³-hybridized carbons (Fsp3) is 0.0870. The molecule has 0 bridgehead atoms. The molecule has 2 aliphatic rings. The van der Waals surface area contributed by atoms with Gasteiger partial charge >= 0.3 is 201 Å². The Morgan fingerprint density at radius 3 is 1.97 bits per heavy atom. The maximum atomic E-state index is 12.7. The van der Waals surface area contributed by atoms with Crippen LogP contribution >= 0.6 is 23.6 Å². The molecule has 0 aliphatic carbocycles. The first-order valence-corrected chi connectivity index (χ1v) is 13.1. The van der Waals surface area contributed by atoms with Crippen LogP contribution in [0.1, 0.15) is 4.88 Å². The van der Waals surface area contributed by atoms with Gasteiger partial charge in [0.25, 0.3) is 0 Å². The van der Waals surface area contributed by atoms with E-state index in [0.717, 1.165) is 9.88 Å². The molecule has 1 fully saturated rings. The zero-order valence-corrected chi connectivity index (χ0v) is 20.7. The number of carbonyl (C=O) groups is 2. The average molecular weight is 559 g/mol. The molecule has 2 aromatic carbocycles. The molecule has 5 nitrogen and oxygen atoms in total. The normalized spacial score (nSPS) is 15.9. The van der Waals surface area contributed by atoms with Gasteiger partial charge in [-0.3, -0.25) is 0 Å². The van der Waals surface area contributed by atoms with Crippen molar-refractivity contribution in [2.75, 3.05) is 19.0 Å². The van der Waals surface area contributed by atoms with Crippen LogP contribution in [0.4, 0.5) is 16.4 Å². The first-order chi connectivity index (χ1) is 15.0. The minimum atomic E-state index is -0.447. The molecule has 1 saturated heterocycles. The summed E-state index contributed by atoms with van der Waals surface area (Å²) in [6.07, 6.45) is 1.67. The number of carbonyl (C=O) groups excluding carboxylic acids is 2. The number of nitrogens with zero attached hydrogens (tertiary/aromatic N) is 3. The number of thiophene rings is 1. The summed E-state index contributed by atoms with van der Waals surface area (Å²) in [7, 11) is 3.18. The standard InChI is InChI=1S/C23H17N3O2S2Te/c1-24-21(27)15(22(28)25(2)23(24)29)13-14-11-12-20(30-14)26-16-7-3-5-9-18(16)31-19-10-6-4-8-17(19)26/h3-13H,1-2H3. The number of hydrogen-bond donors (Lipinski definition) is 0. The van der Waals surface area contributed by atoms with Crippen LogP contribution in [0.5, 0.6) is 0 Å². The summed E-state index contributed by atoms with van der Waals surface area (Å²) in [5, 5.41) is 1.26. The van der Waals surface area contributed by atoms with Gasteiger partial charge < -0.3 is 0 Å². The van der Waals surface area contributed by atoms with Gasteiger partial charge in [-0.05, 0) is 0 Å². The van der Waals surface area contributed by atoms with E-state index in [1.807, 2.05) is 12.1 Å². The van der Waals surface area contributed by atoms with Crippen molar-refractivity contribution >= 4 is 91.1 Å². The first kappa shape index (κ1) is 20.4. The van der Waals surface area contributed by atoms with Crippen LogP contribution in [0.2, 0.25) is 0 Å². The molecule has 1 aromatic heterocycles. The van der Waals surface area contributed by atoms with Gasteiger partial charge in [-0.15, -0.1) is 0 Å². The van der Waals surface area contributed by atoms with Crippen LogP contribution in [0.3, 0.4) is 0 Å². The summed E-state index contributed by atoms with van der Waals surface area (Å²) in [5.41, 5.74) is 2.54. The Kier molecular flexibility index (Phi) is 5.19. The van der Waals surface area contributed by atoms with Crippen LogP contribution in [-0.4, -0.2) is 61.7 Å². The second-order valence-electron chi connectivity index (χ2n) is 7.12. The van der Waals surface area contributed by atoms with Gasteiger partial charge in [-0.25, -0.2) is 0 Å². The third-order valence-electron chi connectivity index (χ3n) is 5.20. The van der Waals surface area contributed by atoms with E-state index in [0.29, 0.717) is 0 Å². The van der Waals surface area contributed by atoms with E-state index in [-0.39, 0.29) is 22.5 Å². The number of hydrogen-bond acceptors (Lipinski definition) is 5. The maximum absolute atomic E-state index is 12.7. The fourth-order valence-electron chi connectivity index (χ4n) is 3.60. The Balaban J connectivity index is 1.57. The van der Waals surface area contributed by atoms with Crippen molar-refractivity contribution in [1.82, 2.24) is 9.80 Å². The summed E-state index contributed by atoms with van der Waals surface area (Å²) < 4.78 is 2.80. The molecule has 0 atom stereocenters. The SMILES string of the molecule is CN1C(=O)C(=Cc2ccc(N3c4ccccc4[Te]c4ccccc43)s2)C(=O)N(C)C1=S. The molecule has 3 aromatic rings. The van der Waals surface area contributed by atoms with Crippen LogP contribution < -0.4 is 12.1 Å². The van der Waals surface area contributed by atoms with E-state index in [4.69, 9.17) is 12.2 Å². The number of para-hydroxylation sites is 2. The van der Waals surface area contributed by atoms with Gasteiger partial charge in [0.2, 0.25) is 0 Å². The molecular weight excluding hydrogens is 542 g/mol. The van der Waals surface area contributed by atoms with Crippen molar-refractivity contribution in [2.45, 2.75) is 0 Å². The molecule has 2 aliphatic heterocycles. The Morgan fingerprint density at radius 2 is 1.39 bits per heavy atom. The van der Waals surface area contributed by atoms with Gasteiger partial charge in [0.1, 0.15) is 0 Å². The molecule has 31 heavy (non-hydrogen) atoms. The van der Waals surface area contributed by atoms with Gasteiger partial charge in [0.15, 0.2) is 0 Å². The van der Waals surface area contributed by atoms with Crippen molar-refractivity contribution in [3.8, 4) is 0 Å². The Hall–Kier alpha value is -2.50. The van der Waals surface area contributed by atoms with Crippen LogP contribution in [-0.2, 0) is 9.59 Å². The Bertz CT molecular complexity index is 1210. The van der Waals surface area contributed by atoms with E-state index >= 15 is 0 Å². The first-order valence-electron chi connectivity index (χ1n) is 9.53. The topological polar surface area (TPSA) is 43.9 Å².